The summed E-state index contributed by atoms with van der Waals surface area (Å²) in [4.78, 5) is 11.0. The predicted octanol–water partition coefficient (Wildman–Crippen LogP) is 2.52. The van der Waals surface area contributed by atoms with E-state index in [0.29, 0.717) is 25.2 Å². The van der Waals surface area contributed by atoms with E-state index in [0.717, 1.165) is 19.3 Å². The van der Waals surface area contributed by atoms with E-state index in [4.69, 9.17) is 14.2 Å². The van der Waals surface area contributed by atoms with E-state index in [9.17, 15) is 9.90 Å². The molecular formula is C15H20O5. The molecule has 2 atom stereocenters. The summed E-state index contributed by atoms with van der Waals surface area (Å²) in [6.07, 6.45) is 2.89. The lowest BCUT2D eigenvalue weighted by atomic mass is 10.1. The molecule has 1 heterocycles. The van der Waals surface area contributed by atoms with Gasteiger partial charge in [-0.05, 0) is 31.9 Å². The number of hydrogen-bond donors (Lipinski definition) is 1. The van der Waals surface area contributed by atoms with Crippen molar-refractivity contribution in [3.63, 3.8) is 0 Å². The smallest absolute Gasteiger partial charge is 0.200 e. The van der Waals surface area contributed by atoms with Crippen LogP contribution in [0.1, 0.15) is 36.5 Å². The monoisotopic (exact) mass is 280 g/mol. The molecule has 1 aliphatic heterocycles. The zero-order chi connectivity index (χ0) is 14.4. The molecule has 1 fully saturated rings. The van der Waals surface area contributed by atoms with Crippen molar-refractivity contribution < 1.29 is 24.1 Å². The molecule has 0 aromatic heterocycles. The average Bonchev–Trinajstić information content (AvgIpc) is 2.46. The first-order valence-electron chi connectivity index (χ1n) is 6.91. The van der Waals surface area contributed by atoms with Crippen LogP contribution in [-0.4, -0.2) is 37.0 Å². The third-order valence-electron chi connectivity index (χ3n) is 3.24. The van der Waals surface area contributed by atoms with Gasteiger partial charge < -0.3 is 19.3 Å². The van der Waals surface area contributed by atoms with Crippen LogP contribution in [-0.2, 0) is 9.47 Å². The van der Waals surface area contributed by atoms with Crippen LogP contribution in [0.15, 0.2) is 18.2 Å². The zero-order valence-corrected chi connectivity index (χ0v) is 11.6. The fraction of sp³-hybridized carbons (Fsp3) is 0.533. The van der Waals surface area contributed by atoms with Crippen molar-refractivity contribution in [2.45, 2.75) is 38.6 Å². The number of carbonyl (C=O) groups excluding carboxylic acids is 1. The van der Waals surface area contributed by atoms with Gasteiger partial charge in [0.2, 0.25) is 0 Å². The lowest BCUT2D eigenvalue weighted by Gasteiger charge is -2.30. The highest BCUT2D eigenvalue weighted by atomic mass is 16.7. The Morgan fingerprint density at radius 3 is 3.05 bits per heavy atom. The molecule has 5 nitrogen and oxygen atoms in total. The quantitative estimate of drug-likeness (QED) is 0.811. The van der Waals surface area contributed by atoms with Crippen molar-refractivity contribution in [1.29, 1.82) is 0 Å². The van der Waals surface area contributed by atoms with E-state index in [1.165, 1.54) is 6.07 Å². The van der Waals surface area contributed by atoms with Gasteiger partial charge in [0, 0.05) is 13.0 Å². The molecule has 5 heteroatoms. The molecule has 2 rings (SSSR count). The fourth-order valence-electron chi connectivity index (χ4n) is 2.22. The first-order valence-corrected chi connectivity index (χ1v) is 6.91. The standard InChI is InChI=1S/C15H20O5/c1-2-18-10-11-5-3-8-15(19-11)20-14-7-4-6-13(17)12(14)9-16/h4,6-7,9,11,15,17H,2-3,5,8,10H2,1H3. The minimum absolute atomic E-state index is 0.0192. The Labute approximate surface area is 118 Å². The first-order chi connectivity index (χ1) is 9.74. The summed E-state index contributed by atoms with van der Waals surface area (Å²) in [6, 6.07) is 4.74. The second-order valence-electron chi connectivity index (χ2n) is 4.70. The Balaban J connectivity index is 1.99. The summed E-state index contributed by atoms with van der Waals surface area (Å²) < 4.78 is 16.8. The molecule has 0 saturated carbocycles. The molecule has 1 aromatic carbocycles. The van der Waals surface area contributed by atoms with E-state index in [2.05, 4.69) is 0 Å². The molecule has 1 aromatic rings. The molecular weight excluding hydrogens is 260 g/mol. The summed E-state index contributed by atoms with van der Waals surface area (Å²) in [5.74, 6) is 0.265. The van der Waals surface area contributed by atoms with Gasteiger partial charge in [0.05, 0.1) is 18.3 Å². The second-order valence-corrected chi connectivity index (χ2v) is 4.70. The van der Waals surface area contributed by atoms with Gasteiger partial charge in [0.1, 0.15) is 11.5 Å². The number of aldehydes is 1. The van der Waals surface area contributed by atoms with E-state index in [1.54, 1.807) is 12.1 Å². The summed E-state index contributed by atoms with van der Waals surface area (Å²) in [6.45, 7) is 3.16. The Kier molecular flexibility index (Phi) is 5.38. The topological polar surface area (TPSA) is 65.0 Å². The van der Waals surface area contributed by atoms with E-state index in [1.807, 2.05) is 6.92 Å². The molecule has 0 aliphatic carbocycles. The van der Waals surface area contributed by atoms with Gasteiger partial charge in [-0.3, -0.25) is 4.79 Å². The number of rotatable bonds is 6. The average molecular weight is 280 g/mol. The maximum Gasteiger partial charge on any atom is 0.200 e. The van der Waals surface area contributed by atoms with Gasteiger partial charge in [-0.1, -0.05) is 6.07 Å². The highest BCUT2D eigenvalue weighted by molar-refractivity contribution is 5.83. The molecule has 0 spiro atoms. The van der Waals surface area contributed by atoms with Gasteiger partial charge in [0.15, 0.2) is 12.6 Å². The van der Waals surface area contributed by atoms with Crippen molar-refractivity contribution in [1.82, 2.24) is 0 Å². The lowest BCUT2D eigenvalue weighted by Crippen LogP contribution is -2.34. The number of carbonyl (C=O) groups is 1. The van der Waals surface area contributed by atoms with Crippen LogP contribution in [0.4, 0.5) is 0 Å². The van der Waals surface area contributed by atoms with Gasteiger partial charge >= 0.3 is 0 Å². The minimum Gasteiger partial charge on any atom is -0.507 e. The summed E-state index contributed by atoms with van der Waals surface area (Å²) in [5, 5.41) is 9.62. The molecule has 2 unspecified atom stereocenters. The van der Waals surface area contributed by atoms with Crippen molar-refractivity contribution in [3.05, 3.63) is 23.8 Å². The van der Waals surface area contributed by atoms with E-state index < -0.39 is 6.29 Å². The Bertz CT molecular complexity index is 446. The molecule has 20 heavy (non-hydrogen) atoms. The van der Waals surface area contributed by atoms with Crippen molar-refractivity contribution in [2.75, 3.05) is 13.2 Å². The van der Waals surface area contributed by atoms with Gasteiger partial charge in [0.25, 0.3) is 0 Å². The van der Waals surface area contributed by atoms with Crippen LogP contribution in [0.2, 0.25) is 0 Å². The van der Waals surface area contributed by atoms with Gasteiger partial charge in [-0.2, -0.15) is 0 Å². The molecule has 1 saturated heterocycles. The molecule has 0 radical (unpaired) electrons. The first kappa shape index (κ1) is 14.8. The van der Waals surface area contributed by atoms with Crippen LogP contribution in [0.25, 0.3) is 0 Å². The number of benzene rings is 1. The third-order valence-corrected chi connectivity index (χ3v) is 3.24. The lowest BCUT2D eigenvalue weighted by molar-refractivity contribution is -0.163. The second kappa shape index (κ2) is 7.26. The molecule has 1 aliphatic rings. The fourth-order valence-corrected chi connectivity index (χ4v) is 2.22. The Morgan fingerprint density at radius 2 is 2.30 bits per heavy atom. The number of aromatic hydroxyl groups is 1. The summed E-state index contributed by atoms with van der Waals surface area (Å²) >= 11 is 0. The van der Waals surface area contributed by atoms with Crippen LogP contribution in [0.5, 0.6) is 11.5 Å². The van der Waals surface area contributed by atoms with Crippen molar-refractivity contribution in [2.24, 2.45) is 0 Å². The minimum atomic E-state index is -0.408. The third kappa shape index (κ3) is 3.71. The van der Waals surface area contributed by atoms with Crippen molar-refractivity contribution in [3.8, 4) is 11.5 Å². The number of phenolic OH excluding ortho intramolecular Hbond substituents is 1. The number of phenols is 1. The maximum atomic E-state index is 11.0. The SMILES string of the molecule is CCOCC1CCCC(Oc2cccc(O)c2C=O)O1. The number of ether oxygens (including phenoxy) is 3. The normalized spacial score (nSPS) is 22.4. The maximum absolute atomic E-state index is 11.0. The Hall–Kier alpha value is -1.59. The summed E-state index contributed by atoms with van der Waals surface area (Å²) in [7, 11) is 0. The van der Waals surface area contributed by atoms with Gasteiger partial charge in [-0.15, -0.1) is 0 Å². The highest BCUT2D eigenvalue weighted by Crippen LogP contribution is 2.29. The number of hydrogen-bond acceptors (Lipinski definition) is 5. The molecule has 1 N–H and O–H groups in total. The van der Waals surface area contributed by atoms with Crippen LogP contribution >= 0.6 is 0 Å². The van der Waals surface area contributed by atoms with Crippen LogP contribution in [0, 0.1) is 0 Å². The molecule has 0 bridgehead atoms. The van der Waals surface area contributed by atoms with Crippen LogP contribution < -0.4 is 4.74 Å². The van der Waals surface area contributed by atoms with Crippen molar-refractivity contribution >= 4 is 6.29 Å². The predicted molar refractivity (Wildman–Crippen MR) is 73.1 cm³/mol. The van der Waals surface area contributed by atoms with E-state index >= 15 is 0 Å². The van der Waals surface area contributed by atoms with Gasteiger partial charge in [-0.25, -0.2) is 0 Å². The summed E-state index contributed by atoms with van der Waals surface area (Å²) in [5.41, 5.74) is 0.156. The van der Waals surface area contributed by atoms with E-state index in [-0.39, 0.29) is 17.4 Å². The zero-order valence-electron chi connectivity index (χ0n) is 11.6. The highest BCUT2D eigenvalue weighted by Gasteiger charge is 2.24. The van der Waals surface area contributed by atoms with Crippen LogP contribution in [0.3, 0.4) is 0 Å². The molecule has 110 valence electrons. The Morgan fingerprint density at radius 1 is 1.45 bits per heavy atom. The largest absolute Gasteiger partial charge is 0.507 e. The molecule has 0 amide bonds.